The average molecular weight is 348 g/mol. The van der Waals surface area contributed by atoms with E-state index in [4.69, 9.17) is 0 Å². The Labute approximate surface area is 143 Å². The number of hydrogen-bond donors (Lipinski definition) is 2. The minimum atomic E-state index is 0. The summed E-state index contributed by atoms with van der Waals surface area (Å²) in [5.74, 6) is 0.0423. The van der Waals surface area contributed by atoms with Gasteiger partial charge < -0.3 is 15.5 Å². The molecule has 2 N–H and O–H groups in total. The van der Waals surface area contributed by atoms with Crippen molar-refractivity contribution in [1.29, 1.82) is 0 Å². The Morgan fingerprint density at radius 3 is 2.27 bits per heavy atom. The van der Waals surface area contributed by atoms with Gasteiger partial charge in [0.25, 0.3) is 0 Å². The van der Waals surface area contributed by atoms with Crippen LogP contribution in [0.5, 0.6) is 0 Å². The van der Waals surface area contributed by atoms with Crippen molar-refractivity contribution < 1.29 is 9.59 Å². The Morgan fingerprint density at radius 2 is 1.73 bits per heavy atom. The molecule has 1 aliphatic heterocycles. The molecule has 124 valence electrons. The quantitative estimate of drug-likeness (QED) is 0.799. The second-order valence-corrected chi connectivity index (χ2v) is 5.02. The van der Waals surface area contributed by atoms with Crippen LogP contribution >= 0.6 is 24.8 Å². The molecular weight excluding hydrogens is 325 g/mol. The highest BCUT2D eigenvalue weighted by molar-refractivity contribution is 5.95. The fraction of sp³-hybridized carbons (Fsp3) is 0.467. The van der Waals surface area contributed by atoms with Crippen molar-refractivity contribution in [2.24, 2.45) is 0 Å². The van der Waals surface area contributed by atoms with E-state index in [9.17, 15) is 9.59 Å². The van der Waals surface area contributed by atoms with Gasteiger partial charge in [-0.15, -0.1) is 24.8 Å². The van der Waals surface area contributed by atoms with Crippen LogP contribution in [0.4, 0.5) is 5.69 Å². The first-order valence-corrected chi connectivity index (χ1v) is 6.99. The van der Waals surface area contributed by atoms with E-state index < -0.39 is 0 Å². The molecule has 2 rings (SSSR count). The average Bonchev–Trinajstić information content (AvgIpc) is 2.47. The molecule has 0 aliphatic carbocycles. The molecule has 1 aromatic rings. The van der Waals surface area contributed by atoms with E-state index in [-0.39, 0.29) is 36.5 Å². The molecule has 1 aliphatic rings. The lowest BCUT2D eigenvalue weighted by Crippen LogP contribution is -2.44. The van der Waals surface area contributed by atoms with Crippen LogP contribution in [0.1, 0.15) is 23.7 Å². The van der Waals surface area contributed by atoms with Crippen LogP contribution in [-0.4, -0.2) is 49.3 Å². The number of benzene rings is 1. The van der Waals surface area contributed by atoms with E-state index >= 15 is 0 Å². The number of hydrogen-bond acceptors (Lipinski definition) is 4. The van der Waals surface area contributed by atoms with E-state index in [0.717, 1.165) is 38.4 Å². The van der Waals surface area contributed by atoms with Gasteiger partial charge in [0.1, 0.15) is 0 Å². The maximum atomic E-state index is 11.9. The number of rotatable bonds is 5. The van der Waals surface area contributed by atoms with Crippen molar-refractivity contribution in [2.45, 2.75) is 13.3 Å². The van der Waals surface area contributed by atoms with Gasteiger partial charge in [0.15, 0.2) is 5.78 Å². The number of nitrogens with zero attached hydrogens (tertiary/aromatic N) is 1. The normalized spacial score (nSPS) is 14.4. The van der Waals surface area contributed by atoms with E-state index in [1.807, 2.05) is 0 Å². The summed E-state index contributed by atoms with van der Waals surface area (Å²) in [4.78, 5) is 25.3. The summed E-state index contributed by atoms with van der Waals surface area (Å²) in [5, 5.41) is 6.14. The molecule has 1 amide bonds. The van der Waals surface area contributed by atoms with Gasteiger partial charge in [0.05, 0.1) is 0 Å². The number of halogens is 2. The minimum Gasteiger partial charge on any atom is -0.326 e. The van der Waals surface area contributed by atoms with E-state index in [1.54, 1.807) is 24.3 Å². The van der Waals surface area contributed by atoms with Gasteiger partial charge in [0.2, 0.25) is 5.91 Å². The number of amides is 1. The molecule has 22 heavy (non-hydrogen) atoms. The summed E-state index contributed by atoms with van der Waals surface area (Å²) in [6.07, 6.45) is 0.495. The third kappa shape index (κ3) is 6.75. The number of anilines is 1. The number of piperazine rings is 1. The number of ketones is 1. The second kappa shape index (κ2) is 10.6. The predicted molar refractivity (Wildman–Crippen MR) is 93.5 cm³/mol. The number of carbonyl (C=O) groups excluding carboxylic acids is 2. The lowest BCUT2D eigenvalue weighted by atomic mass is 10.1. The summed E-state index contributed by atoms with van der Waals surface area (Å²) in [6.45, 7) is 6.31. The largest absolute Gasteiger partial charge is 0.326 e. The highest BCUT2D eigenvalue weighted by Crippen LogP contribution is 2.10. The molecule has 0 radical (unpaired) electrons. The van der Waals surface area contributed by atoms with Crippen LogP contribution in [0, 0.1) is 0 Å². The molecule has 0 bridgehead atoms. The van der Waals surface area contributed by atoms with Gasteiger partial charge in [-0.25, -0.2) is 0 Å². The number of nitrogens with one attached hydrogen (secondary N) is 2. The SMILES string of the molecule is CC(=O)c1ccc(NC(=O)CCN2CCNCC2)cc1.Cl.Cl. The lowest BCUT2D eigenvalue weighted by Gasteiger charge is -2.26. The van der Waals surface area contributed by atoms with Gasteiger partial charge in [-0.1, -0.05) is 0 Å². The van der Waals surface area contributed by atoms with Crippen molar-refractivity contribution in [1.82, 2.24) is 10.2 Å². The molecule has 1 heterocycles. The van der Waals surface area contributed by atoms with E-state index in [2.05, 4.69) is 15.5 Å². The highest BCUT2D eigenvalue weighted by atomic mass is 35.5. The Morgan fingerprint density at radius 1 is 1.14 bits per heavy atom. The zero-order valence-corrected chi connectivity index (χ0v) is 14.3. The maximum absolute atomic E-state index is 11.9. The fourth-order valence-corrected chi connectivity index (χ4v) is 2.21. The fourth-order valence-electron chi connectivity index (χ4n) is 2.21. The summed E-state index contributed by atoms with van der Waals surface area (Å²) < 4.78 is 0. The molecule has 1 saturated heterocycles. The first kappa shape index (κ1) is 20.9. The summed E-state index contributed by atoms with van der Waals surface area (Å²) in [5.41, 5.74) is 1.39. The van der Waals surface area contributed by atoms with Crippen molar-refractivity contribution in [2.75, 3.05) is 38.0 Å². The van der Waals surface area contributed by atoms with Crippen LogP contribution in [0.3, 0.4) is 0 Å². The lowest BCUT2D eigenvalue weighted by molar-refractivity contribution is -0.116. The van der Waals surface area contributed by atoms with Crippen LogP contribution in [-0.2, 0) is 4.79 Å². The maximum Gasteiger partial charge on any atom is 0.225 e. The second-order valence-electron chi connectivity index (χ2n) is 5.02. The zero-order valence-electron chi connectivity index (χ0n) is 12.6. The van der Waals surface area contributed by atoms with Crippen LogP contribution in [0.15, 0.2) is 24.3 Å². The Hall–Kier alpha value is -1.14. The summed E-state index contributed by atoms with van der Waals surface area (Å²) in [7, 11) is 0. The van der Waals surface area contributed by atoms with Crippen LogP contribution in [0.25, 0.3) is 0 Å². The predicted octanol–water partition coefficient (Wildman–Crippen LogP) is 1.97. The topological polar surface area (TPSA) is 61.4 Å². The summed E-state index contributed by atoms with van der Waals surface area (Å²) in [6, 6.07) is 6.99. The van der Waals surface area contributed by atoms with Gasteiger partial charge >= 0.3 is 0 Å². The van der Waals surface area contributed by atoms with Gasteiger partial charge in [0, 0.05) is 50.4 Å². The Kier molecular flexibility index (Phi) is 10.0. The zero-order chi connectivity index (χ0) is 14.4. The molecule has 7 heteroatoms. The monoisotopic (exact) mass is 347 g/mol. The van der Waals surface area contributed by atoms with Gasteiger partial charge in [-0.2, -0.15) is 0 Å². The molecule has 5 nitrogen and oxygen atoms in total. The Bertz CT molecular complexity index is 474. The highest BCUT2D eigenvalue weighted by Gasteiger charge is 2.11. The number of Topliss-reactive ketones (excluding diaryl/α,β-unsaturated/α-hetero) is 1. The van der Waals surface area contributed by atoms with E-state index in [0.29, 0.717) is 12.0 Å². The minimum absolute atomic E-state index is 0. The molecule has 0 unspecified atom stereocenters. The molecule has 1 aromatic carbocycles. The van der Waals surface area contributed by atoms with Crippen LogP contribution in [0.2, 0.25) is 0 Å². The first-order valence-electron chi connectivity index (χ1n) is 6.99. The van der Waals surface area contributed by atoms with Crippen molar-refractivity contribution in [3.05, 3.63) is 29.8 Å². The van der Waals surface area contributed by atoms with Gasteiger partial charge in [-0.05, 0) is 31.2 Å². The van der Waals surface area contributed by atoms with E-state index in [1.165, 1.54) is 6.92 Å². The van der Waals surface area contributed by atoms with Crippen molar-refractivity contribution in [3.8, 4) is 0 Å². The standard InChI is InChI=1S/C15H21N3O2.2ClH/c1-12(19)13-2-4-14(5-3-13)17-15(20)6-9-18-10-7-16-8-11-18;;/h2-5,16H,6-11H2,1H3,(H,17,20);2*1H. The molecule has 0 aromatic heterocycles. The smallest absolute Gasteiger partial charge is 0.225 e. The summed E-state index contributed by atoms with van der Waals surface area (Å²) >= 11 is 0. The van der Waals surface area contributed by atoms with Crippen molar-refractivity contribution in [3.63, 3.8) is 0 Å². The molecule has 1 fully saturated rings. The molecular formula is C15H23Cl2N3O2. The molecule has 0 saturated carbocycles. The van der Waals surface area contributed by atoms with Gasteiger partial charge in [-0.3, -0.25) is 9.59 Å². The first-order chi connectivity index (χ1) is 9.65. The molecule has 0 atom stereocenters. The van der Waals surface area contributed by atoms with Crippen LogP contribution < -0.4 is 10.6 Å². The Balaban J connectivity index is 0.00000220. The van der Waals surface area contributed by atoms with Crippen molar-refractivity contribution >= 4 is 42.2 Å². The number of carbonyl (C=O) groups is 2. The molecule has 0 spiro atoms. The third-order valence-electron chi connectivity index (χ3n) is 3.44. The third-order valence-corrected chi connectivity index (χ3v) is 3.44.